The predicted octanol–water partition coefficient (Wildman–Crippen LogP) is 3.41. The van der Waals surface area contributed by atoms with Gasteiger partial charge in [0.15, 0.2) is 4.33 Å². The molecule has 0 aromatic heterocycles. The predicted molar refractivity (Wildman–Crippen MR) is 51.1 cm³/mol. The third-order valence-electron chi connectivity index (χ3n) is 2.21. The minimum absolute atomic E-state index is 0.0882. The summed E-state index contributed by atoms with van der Waals surface area (Å²) < 4.78 is 4.31. The second kappa shape index (κ2) is 2.93. The van der Waals surface area contributed by atoms with Gasteiger partial charge in [-0.2, -0.15) is 0 Å². The van der Waals surface area contributed by atoms with Crippen molar-refractivity contribution in [3.63, 3.8) is 0 Å². The van der Waals surface area contributed by atoms with Crippen molar-refractivity contribution in [3.05, 3.63) is 10.1 Å². The van der Waals surface area contributed by atoms with E-state index in [9.17, 15) is 0 Å². The zero-order valence-corrected chi connectivity index (χ0v) is 9.01. The molecule has 0 radical (unpaired) electrons. The molecule has 5 heteroatoms. The molecule has 1 saturated heterocycles. The molecule has 2 heterocycles. The van der Waals surface area contributed by atoms with Gasteiger partial charge >= 0.3 is 0 Å². The summed E-state index contributed by atoms with van der Waals surface area (Å²) in [6.45, 7) is 0. The van der Waals surface area contributed by atoms with E-state index in [-0.39, 0.29) is 12.2 Å². The number of halogens is 4. The van der Waals surface area contributed by atoms with Gasteiger partial charge in [-0.25, -0.2) is 0 Å². The van der Waals surface area contributed by atoms with Gasteiger partial charge in [0.05, 0.1) is 22.3 Å². The van der Waals surface area contributed by atoms with E-state index in [4.69, 9.17) is 51.1 Å². The lowest BCUT2D eigenvalue weighted by Gasteiger charge is -2.31. The molecular weight excluding hydrogens is 242 g/mol. The summed E-state index contributed by atoms with van der Waals surface area (Å²) in [7, 11) is 0. The Bertz CT molecular complexity index is 248. The smallest absolute Gasteiger partial charge is 0.180 e. The highest BCUT2D eigenvalue weighted by Crippen LogP contribution is 2.51. The van der Waals surface area contributed by atoms with Crippen LogP contribution in [0.5, 0.6) is 0 Å². The van der Waals surface area contributed by atoms with Crippen molar-refractivity contribution in [1.29, 1.82) is 0 Å². The maximum absolute atomic E-state index is 5.98. The van der Waals surface area contributed by atoms with E-state index in [1.165, 1.54) is 0 Å². The summed E-state index contributed by atoms with van der Waals surface area (Å²) in [6.07, 6.45) is 1.36. The van der Waals surface area contributed by atoms with Crippen molar-refractivity contribution in [3.8, 4) is 0 Å². The third-order valence-corrected chi connectivity index (χ3v) is 4.30. The Labute approximate surface area is 90.6 Å². The van der Waals surface area contributed by atoms with Crippen molar-refractivity contribution >= 4 is 46.4 Å². The molecule has 0 aliphatic carbocycles. The molecule has 0 N–H and O–H groups in total. The van der Waals surface area contributed by atoms with Gasteiger partial charge in [0.1, 0.15) is 0 Å². The molecule has 2 rings (SSSR count). The average Bonchev–Trinajstić information content (AvgIpc) is 2.46. The normalized spacial score (nSPS) is 39.0. The lowest BCUT2D eigenvalue weighted by atomic mass is 10.2. The fourth-order valence-electron chi connectivity index (χ4n) is 1.53. The fraction of sp³-hybridized carbons (Fsp3) is 0.714. The van der Waals surface area contributed by atoms with Crippen molar-refractivity contribution in [1.82, 2.24) is 0 Å². The molecule has 0 saturated carbocycles. The number of fused-ring (bicyclic) bond motifs is 2. The lowest BCUT2D eigenvalue weighted by Crippen LogP contribution is -2.36. The molecule has 2 aliphatic heterocycles. The summed E-state index contributed by atoms with van der Waals surface area (Å²) in [5.41, 5.74) is 0. The summed E-state index contributed by atoms with van der Waals surface area (Å²) in [5.74, 6) is 0. The Morgan fingerprint density at radius 2 is 1.92 bits per heavy atom. The first-order valence-corrected chi connectivity index (χ1v) is 5.13. The molecule has 1 nitrogen and oxygen atoms in total. The first-order valence-electron chi connectivity index (χ1n) is 3.62. The lowest BCUT2D eigenvalue weighted by molar-refractivity contribution is 0.0547. The van der Waals surface area contributed by atoms with Gasteiger partial charge in [0.25, 0.3) is 0 Å². The monoisotopic (exact) mass is 246 g/mol. The first kappa shape index (κ1) is 9.42. The topological polar surface area (TPSA) is 9.23 Å². The minimum Gasteiger partial charge on any atom is -0.366 e. The summed E-state index contributed by atoms with van der Waals surface area (Å²) in [6, 6.07) is 0. The second-order valence-electron chi connectivity index (χ2n) is 2.98. The average molecular weight is 248 g/mol. The summed E-state index contributed by atoms with van der Waals surface area (Å²) in [5, 5.41) is 0.779. The van der Waals surface area contributed by atoms with Gasteiger partial charge in [-0.15, -0.1) is 0 Å². The van der Waals surface area contributed by atoms with Crippen molar-refractivity contribution in [2.75, 3.05) is 0 Å². The van der Waals surface area contributed by atoms with Gasteiger partial charge < -0.3 is 4.74 Å². The van der Waals surface area contributed by atoms with E-state index in [0.717, 1.165) is 12.8 Å². The van der Waals surface area contributed by atoms with Crippen LogP contribution >= 0.6 is 46.4 Å². The van der Waals surface area contributed by atoms with Crippen LogP contribution in [-0.4, -0.2) is 16.5 Å². The number of hydrogen-bond acceptors (Lipinski definition) is 1. The summed E-state index contributed by atoms with van der Waals surface area (Å²) in [4.78, 5) is 0. The van der Waals surface area contributed by atoms with Crippen LogP contribution in [0, 0.1) is 0 Å². The number of hydrogen-bond donors (Lipinski definition) is 0. The molecule has 12 heavy (non-hydrogen) atoms. The Balaban J connectivity index is 2.44. The molecule has 0 unspecified atom stereocenters. The Morgan fingerprint density at radius 1 is 1.25 bits per heavy atom. The van der Waals surface area contributed by atoms with E-state index < -0.39 is 4.33 Å². The van der Waals surface area contributed by atoms with E-state index in [1.807, 2.05) is 0 Å². The zero-order chi connectivity index (χ0) is 8.93. The van der Waals surface area contributed by atoms with Crippen LogP contribution in [0.1, 0.15) is 12.8 Å². The molecule has 2 bridgehead atoms. The van der Waals surface area contributed by atoms with Gasteiger partial charge in [0.2, 0.25) is 0 Å². The summed E-state index contributed by atoms with van der Waals surface area (Å²) >= 11 is 23.7. The van der Waals surface area contributed by atoms with Gasteiger partial charge in [-0.3, -0.25) is 0 Å². The van der Waals surface area contributed by atoms with Gasteiger partial charge in [-0.05, 0) is 12.8 Å². The number of rotatable bonds is 0. The molecule has 2 atom stereocenters. The van der Waals surface area contributed by atoms with E-state index in [2.05, 4.69) is 0 Å². The van der Waals surface area contributed by atoms with Crippen LogP contribution < -0.4 is 0 Å². The first-order chi connectivity index (χ1) is 5.53. The molecule has 0 spiro atoms. The van der Waals surface area contributed by atoms with E-state index in [1.54, 1.807) is 0 Å². The zero-order valence-electron chi connectivity index (χ0n) is 5.99. The van der Waals surface area contributed by atoms with E-state index in [0.29, 0.717) is 10.1 Å². The standard InChI is InChI=1S/C7H6Cl4O/c8-5-3-1-2-4(12-3)7(10,11)6(5)9/h3-4H,1-2H2/t3-,4+/m1/s1. The molecule has 0 amide bonds. The maximum atomic E-state index is 5.98. The van der Waals surface area contributed by atoms with Crippen molar-refractivity contribution < 1.29 is 4.74 Å². The quantitative estimate of drug-likeness (QED) is 0.597. The van der Waals surface area contributed by atoms with Crippen LogP contribution in [0.2, 0.25) is 0 Å². The second-order valence-corrected chi connectivity index (χ2v) is 5.15. The fourth-order valence-corrected chi connectivity index (χ4v) is 2.71. The third kappa shape index (κ3) is 1.18. The van der Waals surface area contributed by atoms with E-state index >= 15 is 0 Å². The molecular formula is C7H6Cl4O. The maximum Gasteiger partial charge on any atom is 0.180 e. The molecule has 68 valence electrons. The molecule has 2 aliphatic rings. The van der Waals surface area contributed by atoms with Gasteiger partial charge in [0, 0.05) is 0 Å². The SMILES string of the molecule is ClC1=C(Cl)C(Cl)(Cl)[C@@H]2CC[C@H]1O2. The molecule has 0 aromatic carbocycles. The van der Waals surface area contributed by atoms with Crippen LogP contribution in [0.4, 0.5) is 0 Å². The number of alkyl halides is 2. The van der Waals surface area contributed by atoms with Crippen molar-refractivity contribution in [2.45, 2.75) is 29.4 Å². The molecule has 0 aromatic rings. The largest absolute Gasteiger partial charge is 0.366 e. The van der Waals surface area contributed by atoms with Gasteiger partial charge in [-0.1, -0.05) is 46.4 Å². The highest BCUT2D eigenvalue weighted by atomic mass is 35.5. The molecule has 1 fully saturated rings. The highest BCUT2D eigenvalue weighted by Gasteiger charge is 2.50. The Hall–Kier alpha value is 0.860. The Morgan fingerprint density at radius 3 is 2.58 bits per heavy atom. The minimum atomic E-state index is -1.15. The van der Waals surface area contributed by atoms with Crippen LogP contribution in [0.15, 0.2) is 10.1 Å². The number of ether oxygens (including phenoxy) is 1. The Kier molecular flexibility index (Phi) is 2.30. The van der Waals surface area contributed by atoms with Crippen molar-refractivity contribution in [2.24, 2.45) is 0 Å². The van der Waals surface area contributed by atoms with Crippen LogP contribution in [0.25, 0.3) is 0 Å². The van der Waals surface area contributed by atoms with Crippen LogP contribution in [0.3, 0.4) is 0 Å². The van der Waals surface area contributed by atoms with Crippen LogP contribution in [-0.2, 0) is 4.74 Å². The highest BCUT2D eigenvalue weighted by molar-refractivity contribution is 6.58.